The van der Waals surface area contributed by atoms with Gasteiger partial charge in [-0.05, 0) is 31.5 Å². The normalized spacial score (nSPS) is 11.5. The van der Waals surface area contributed by atoms with Gasteiger partial charge in [0.15, 0.2) is 11.5 Å². The lowest BCUT2D eigenvalue weighted by molar-refractivity contribution is -0.385. The average Bonchev–Trinajstić information content (AvgIpc) is 2.81. The molecule has 0 bridgehead atoms. The molecule has 2 aromatic rings. The molecule has 0 saturated heterocycles. The maximum Gasteiger partial charge on any atom is 0.286 e. The maximum atomic E-state index is 12.7. The molecule has 0 aromatic heterocycles. The largest absolute Gasteiger partial charge is 0.493 e. The summed E-state index contributed by atoms with van der Waals surface area (Å²) in [6.07, 6.45) is 0. The number of methoxy groups -OCH3 is 2. The number of nitro groups is 1. The second-order valence-corrected chi connectivity index (χ2v) is 9.56. The van der Waals surface area contributed by atoms with Crippen molar-refractivity contribution < 1.29 is 32.3 Å². The van der Waals surface area contributed by atoms with Gasteiger partial charge >= 0.3 is 0 Å². The Labute approximate surface area is 198 Å². The molecular formula is C22H29N3O8S. The monoisotopic (exact) mass is 495 g/mol. The number of carbonyl (C=O) groups excluding carboxylic acids is 1. The summed E-state index contributed by atoms with van der Waals surface area (Å²) in [7, 11) is 0.728. The molecule has 0 aliphatic heterocycles. The van der Waals surface area contributed by atoms with E-state index < -0.39 is 26.5 Å². The smallest absolute Gasteiger partial charge is 0.286 e. The molecule has 0 aliphatic carbocycles. The van der Waals surface area contributed by atoms with Gasteiger partial charge in [0.25, 0.3) is 11.6 Å². The molecule has 0 fully saturated rings. The average molecular weight is 496 g/mol. The van der Waals surface area contributed by atoms with Crippen LogP contribution in [-0.2, 0) is 21.3 Å². The summed E-state index contributed by atoms with van der Waals surface area (Å²) in [6.45, 7) is 3.99. The van der Waals surface area contributed by atoms with Gasteiger partial charge in [-0.15, -0.1) is 0 Å². The van der Waals surface area contributed by atoms with E-state index in [1.54, 1.807) is 26.0 Å². The van der Waals surface area contributed by atoms with Crippen molar-refractivity contribution in [2.45, 2.75) is 31.3 Å². The number of benzene rings is 2. The first-order valence-electron chi connectivity index (χ1n) is 10.4. The third kappa shape index (κ3) is 6.43. The molecule has 0 spiro atoms. The highest BCUT2D eigenvalue weighted by Crippen LogP contribution is 2.34. The predicted molar refractivity (Wildman–Crippen MR) is 125 cm³/mol. The van der Waals surface area contributed by atoms with Gasteiger partial charge in [-0.2, -0.15) is 4.31 Å². The highest BCUT2D eigenvalue weighted by molar-refractivity contribution is 7.89. The first kappa shape index (κ1) is 27.0. The first-order valence-corrected chi connectivity index (χ1v) is 11.8. The molecule has 186 valence electrons. The zero-order valence-corrected chi connectivity index (χ0v) is 20.5. The number of sulfonamides is 1. The minimum atomic E-state index is -3.63. The molecule has 0 saturated carbocycles. The van der Waals surface area contributed by atoms with Gasteiger partial charge in [0.1, 0.15) is 12.2 Å². The van der Waals surface area contributed by atoms with Crippen LogP contribution in [0.4, 0.5) is 5.69 Å². The van der Waals surface area contributed by atoms with Crippen molar-refractivity contribution in [1.29, 1.82) is 0 Å². The highest BCUT2D eigenvalue weighted by atomic mass is 32.2. The van der Waals surface area contributed by atoms with Gasteiger partial charge in [0.2, 0.25) is 10.0 Å². The van der Waals surface area contributed by atoms with Crippen LogP contribution in [0.15, 0.2) is 41.3 Å². The summed E-state index contributed by atoms with van der Waals surface area (Å²) >= 11 is 0. The summed E-state index contributed by atoms with van der Waals surface area (Å²) in [4.78, 5) is 23.7. The molecule has 0 unspecified atom stereocenters. The number of nitrogens with zero attached hydrogens (tertiary/aromatic N) is 2. The molecule has 0 atom stereocenters. The number of nitrogens with one attached hydrogen (secondary N) is 1. The Morgan fingerprint density at radius 2 is 1.76 bits per heavy atom. The summed E-state index contributed by atoms with van der Waals surface area (Å²) in [5, 5.41) is 14.2. The fourth-order valence-corrected chi connectivity index (χ4v) is 4.26. The third-order valence-electron chi connectivity index (χ3n) is 5.05. The van der Waals surface area contributed by atoms with Gasteiger partial charge < -0.3 is 19.5 Å². The van der Waals surface area contributed by atoms with Crippen molar-refractivity contribution in [3.8, 4) is 11.5 Å². The molecule has 34 heavy (non-hydrogen) atoms. The minimum Gasteiger partial charge on any atom is -0.493 e. The van der Waals surface area contributed by atoms with Gasteiger partial charge in [-0.25, -0.2) is 8.42 Å². The van der Waals surface area contributed by atoms with E-state index in [1.165, 1.54) is 43.8 Å². The lowest BCUT2D eigenvalue weighted by Crippen LogP contribution is -2.33. The lowest BCUT2D eigenvalue weighted by Gasteiger charge is -2.21. The third-order valence-corrected chi connectivity index (χ3v) is 7.10. The van der Waals surface area contributed by atoms with Crippen LogP contribution in [0.3, 0.4) is 0 Å². The van der Waals surface area contributed by atoms with Crippen molar-refractivity contribution in [2.24, 2.45) is 0 Å². The number of ether oxygens (including phenoxy) is 3. The van der Waals surface area contributed by atoms with Gasteiger partial charge in [0, 0.05) is 32.8 Å². The van der Waals surface area contributed by atoms with Crippen LogP contribution < -0.4 is 14.8 Å². The van der Waals surface area contributed by atoms with Crippen LogP contribution in [0.1, 0.15) is 29.8 Å². The van der Waals surface area contributed by atoms with E-state index in [1.807, 2.05) is 0 Å². The zero-order valence-electron chi connectivity index (χ0n) is 19.7. The molecule has 1 amide bonds. The summed E-state index contributed by atoms with van der Waals surface area (Å²) < 4.78 is 42.0. The fourth-order valence-electron chi connectivity index (χ4n) is 2.89. The summed E-state index contributed by atoms with van der Waals surface area (Å²) in [5.41, 5.74) is -0.0174. The van der Waals surface area contributed by atoms with Crippen LogP contribution in [0, 0.1) is 10.1 Å². The van der Waals surface area contributed by atoms with E-state index in [4.69, 9.17) is 14.2 Å². The van der Waals surface area contributed by atoms with Crippen molar-refractivity contribution in [3.05, 3.63) is 57.6 Å². The Kier molecular flexibility index (Phi) is 9.36. The van der Waals surface area contributed by atoms with Gasteiger partial charge in [-0.1, -0.05) is 12.1 Å². The Morgan fingerprint density at radius 1 is 1.12 bits per heavy atom. The number of hydrogen-bond donors (Lipinski definition) is 1. The number of hydrogen-bond acceptors (Lipinski definition) is 8. The molecule has 11 nitrogen and oxygen atoms in total. The lowest BCUT2D eigenvalue weighted by atomic mass is 10.1. The fraction of sp³-hybridized carbons (Fsp3) is 0.409. The highest BCUT2D eigenvalue weighted by Gasteiger charge is 2.25. The van der Waals surface area contributed by atoms with Crippen molar-refractivity contribution >= 4 is 21.6 Å². The van der Waals surface area contributed by atoms with Gasteiger partial charge in [0.05, 0.1) is 29.6 Å². The predicted octanol–water partition coefficient (Wildman–Crippen LogP) is 2.59. The van der Waals surface area contributed by atoms with Crippen molar-refractivity contribution in [1.82, 2.24) is 9.62 Å². The molecular weight excluding hydrogens is 466 g/mol. The van der Waals surface area contributed by atoms with E-state index in [0.717, 1.165) is 6.07 Å². The number of carbonyl (C=O) groups is 1. The van der Waals surface area contributed by atoms with E-state index in [0.29, 0.717) is 5.56 Å². The Balaban J connectivity index is 2.20. The number of amides is 1. The van der Waals surface area contributed by atoms with E-state index in [2.05, 4.69) is 5.32 Å². The van der Waals surface area contributed by atoms with Crippen LogP contribution >= 0.6 is 0 Å². The summed E-state index contributed by atoms with van der Waals surface area (Å²) in [5.74, 6) is -0.411. The molecule has 2 aromatic carbocycles. The van der Waals surface area contributed by atoms with E-state index in [9.17, 15) is 23.3 Å². The second kappa shape index (κ2) is 11.8. The van der Waals surface area contributed by atoms with Crippen LogP contribution in [0.5, 0.6) is 11.5 Å². The Bertz CT molecular complexity index is 1120. The van der Waals surface area contributed by atoms with Crippen molar-refractivity contribution in [2.75, 3.05) is 34.5 Å². The number of nitro benzene ring substituents is 1. The maximum absolute atomic E-state index is 12.7. The topological polar surface area (TPSA) is 137 Å². The minimum absolute atomic E-state index is 0.0325. The SMILES string of the molecule is COCCOc1cc([N+](=O)[O-])c(C(=O)NCc2ccc(S(=O)(=O)N(C)C(C)C)cc2)cc1OC. The standard InChI is InChI=1S/C22H29N3O8S/c1-15(2)24(3)34(29,30)17-8-6-16(7-9-17)14-23-22(26)18-12-20(32-5)21(33-11-10-31-4)13-19(18)25(27)28/h6-9,12-13,15H,10-11,14H2,1-5H3,(H,23,26). The van der Waals surface area contributed by atoms with E-state index >= 15 is 0 Å². The van der Waals surface area contributed by atoms with Crippen LogP contribution in [-0.4, -0.2) is 64.1 Å². The first-order chi connectivity index (χ1) is 16.0. The summed E-state index contributed by atoms with van der Waals surface area (Å²) in [6, 6.07) is 8.22. The second-order valence-electron chi connectivity index (χ2n) is 7.56. The molecule has 2 rings (SSSR count). The molecule has 0 aliphatic rings. The number of rotatable bonds is 12. The van der Waals surface area contributed by atoms with Crippen LogP contribution in [0.25, 0.3) is 0 Å². The zero-order chi connectivity index (χ0) is 25.5. The van der Waals surface area contributed by atoms with Crippen LogP contribution in [0.2, 0.25) is 0 Å². The van der Waals surface area contributed by atoms with Gasteiger partial charge in [-0.3, -0.25) is 14.9 Å². The Morgan fingerprint density at radius 3 is 2.29 bits per heavy atom. The Hall–Kier alpha value is -3.22. The quantitative estimate of drug-likeness (QED) is 0.269. The van der Waals surface area contributed by atoms with Crippen molar-refractivity contribution in [3.63, 3.8) is 0 Å². The van der Waals surface area contributed by atoms with E-state index in [-0.39, 0.29) is 47.8 Å². The molecule has 0 radical (unpaired) electrons. The molecule has 0 heterocycles. The molecule has 12 heteroatoms. The molecule has 1 N–H and O–H groups in total.